The summed E-state index contributed by atoms with van der Waals surface area (Å²) in [6.07, 6.45) is 1.17. The molecule has 1 aromatic carbocycles. The van der Waals surface area contributed by atoms with Crippen LogP contribution in [-0.4, -0.2) is 28.9 Å². The third-order valence-corrected chi connectivity index (χ3v) is 3.62. The normalized spacial score (nSPS) is 20.8. The van der Waals surface area contributed by atoms with Crippen LogP contribution in [0.2, 0.25) is 0 Å². The number of hydrogen-bond acceptors (Lipinski definition) is 2. The van der Waals surface area contributed by atoms with E-state index in [9.17, 15) is 0 Å². The van der Waals surface area contributed by atoms with Crippen molar-refractivity contribution in [3.8, 4) is 0 Å². The molecule has 1 atom stereocenters. The lowest BCUT2D eigenvalue weighted by molar-refractivity contribution is 0.666. The molecule has 1 fully saturated rings. The molecule has 1 aliphatic rings. The van der Waals surface area contributed by atoms with Crippen LogP contribution >= 0.6 is 11.6 Å². The minimum atomic E-state index is 0.606. The number of imidazole rings is 1. The molecule has 16 heavy (non-hydrogen) atoms. The van der Waals surface area contributed by atoms with Crippen LogP contribution in [0, 0.1) is 5.92 Å². The molecule has 1 saturated heterocycles. The Morgan fingerprint density at radius 3 is 3.06 bits per heavy atom. The highest BCUT2D eigenvalue weighted by Gasteiger charge is 2.23. The van der Waals surface area contributed by atoms with Crippen molar-refractivity contribution in [1.29, 1.82) is 0 Å². The first-order chi connectivity index (χ1) is 7.86. The van der Waals surface area contributed by atoms with Gasteiger partial charge in [-0.1, -0.05) is 12.1 Å². The van der Waals surface area contributed by atoms with E-state index in [2.05, 4.69) is 20.9 Å². The summed E-state index contributed by atoms with van der Waals surface area (Å²) in [6, 6.07) is 8.12. The number of aromatic amines is 1. The molecule has 2 aromatic rings. The minimum Gasteiger partial charge on any atom is -0.342 e. The van der Waals surface area contributed by atoms with Gasteiger partial charge in [-0.3, -0.25) is 0 Å². The number of fused-ring (bicyclic) bond motifs is 1. The Morgan fingerprint density at radius 1 is 1.44 bits per heavy atom. The standard InChI is InChI=1S/C12H14ClN3/c13-7-9-5-6-16(8-9)12-14-10-3-1-2-4-11(10)15-12/h1-4,9H,5-8H2,(H,14,15). The number of nitrogens with zero attached hydrogens (tertiary/aromatic N) is 2. The monoisotopic (exact) mass is 235 g/mol. The number of hydrogen-bond donors (Lipinski definition) is 1. The predicted molar refractivity (Wildman–Crippen MR) is 67.1 cm³/mol. The Bertz CT molecular complexity index is 461. The molecule has 1 aromatic heterocycles. The van der Waals surface area contributed by atoms with Crippen molar-refractivity contribution < 1.29 is 0 Å². The van der Waals surface area contributed by atoms with Crippen LogP contribution < -0.4 is 4.90 Å². The molecule has 1 unspecified atom stereocenters. The van der Waals surface area contributed by atoms with Gasteiger partial charge in [0.15, 0.2) is 0 Å². The SMILES string of the molecule is ClCC1CCN(c2nc3ccccc3[nH]2)C1. The summed E-state index contributed by atoms with van der Waals surface area (Å²) >= 11 is 5.88. The van der Waals surface area contributed by atoms with E-state index in [4.69, 9.17) is 11.6 Å². The van der Waals surface area contributed by atoms with E-state index in [0.717, 1.165) is 36.0 Å². The molecule has 4 heteroatoms. The van der Waals surface area contributed by atoms with Crippen molar-refractivity contribution in [2.45, 2.75) is 6.42 Å². The summed E-state index contributed by atoms with van der Waals surface area (Å²) in [4.78, 5) is 10.2. The topological polar surface area (TPSA) is 31.9 Å². The van der Waals surface area contributed by atoms with Gasteiger partial charge < -0.3 is 9.88 Å². The lowest BCUT2D eigenvalue weighted by atomic mass is 10.2. The molecule has 1 N–H and O–H groups in total. The number of para-hydroxylation sites is 2. The maximum Gasteiger partial charge on any atom is 0.203 e. The summed E-state index contributed by atoms with van der Waals surface area (Å²) in [5.41, 5.74) is 2.14. The quantitative estimate of drug-likeness (QED) is 0.812. The van der Waals surface area contributed by atoms with Gasteiger partial charge in [0.25, 0.3) is 0 Å². The van der Waals surface area contributed by atoms with Crippen LogP contribution in [0.25, 0.3) is 11.0 Å². The average Bonchev–Trinajstić information content (AvgIpc) is 2.95. The largest absolute Gasteiger partial charge is 0.342 e. The van der Waals surface area contributed by atoms with Crippen molar-refractivity contribution >= 4 is 28.6 Å². The van der Waals surface area contributed by atoms with Crippen LogP contribution in [0.4, 0.5) is 5.95 Å². The fourth-order valence-corrected chi connectivity index (χ4v) is 2.49. The Morgan fingerprint density at radius 2 is 2.31 bits per heavy atom. The molecular weight excluding hydrogens is 222 g/mol. The fraction of sp³-hybridized carbons (Fsp3) is 0.417. The van der Waals surface area contributed by atoms with Crippen LogP contribution in [0.15, 0.2) is 24.3 Å². The van der Waals surface area contributed by atoms with E-state index in [1.807, 2.05) is 18.2 Å². The number of anilines is 1. The summed E-state index contributed by atoms with van der Waals surface area (Å²) < 4.78 is 0. The number of nitrogens with one attached hydrogen (secondary N) is 1. The van der Waals surface area contributed by atoms with E-state index in [0.29, 0.717) is 5.92 Å². The average molecular weight is 236 g/mol. The minimum absolute atomic E-state index is 0.606. The van der Waals surface area contributed by atoms with Crippen molar-refractivity contribution in [3.05, 3.63) is 24.3 Å². The van der Waals surface area contributed by atoms with Crippen LogP contribution in [-0.2, 0) is 0 Å². The molecule has 0 spiro atoms. The zero-order valence-corrected chi connectivity index (χ0v) is 9.74. The number of H-pyrrole nitrogens is 1. The second kappa shape index (κ2) is 3.98. The molecular formula is C12H14ClN3. The summed E-state index contributed by atoms with van der Waals surface area (Å²) in [6.45, 7) is 2.07. The number of aromatic nitrogens is 2. The van der Waals surface area contributed by atoms with Gasteiger partial charge >= 0.3 is 0 Å². The molecule has 2 heterocycles. The van der Waals surface area contributed by atoms with Gasteiger partial charge in [0, 0.05) is 19.0 Å². The Hall–Kier alpha value is -1.22. The highest BCUT2D eigenvalue weighted by Crippen LogP contribution is 2.24. The smallest absolute Gasteiger partial charge is 0.203 e. The Kier molecular flexibility index (Phi) is 2.48. The number of halogens is 1. The molecule has 84 valence electrons. The molecule has 0 aliphatic carbocycles. The van der Waals surface area contributed by atoms with Gasteiger partial charge in [0.05, 0.1) is 11.0 Å². The number of rotatable bonds is 2. The van der Waals surface area contributed by atoms with E-state index < -0.39 is 0 Å². The highest BCUT2D eigenvalue weighted by molar-refractivity contribution is 6.18. The zero-order chi connectivity index (χ0) is 11.0. The molecule has 0 radical (unpaired) electrons. The molecule has 3 nitrogen and oxygen atoms in total. The first-order valence-corrected chi connectivity index (χ1v) is 6.16. The van der Waals surface area contributed by atoms with Crippen molar-refractivity contribution in [1.82, 2.24) is 9.97 Å². The zero-order valence-electron chi connectivity index (χ0n) is 8.99. The summed E-state index contributed by atoms with van der Waals surface area (Å²) in [5.74, 6) is 2.33. The van der Waals surface area contributed by atoms with Gasteiger partial charge in [0.2, 0.25) is 5.95 Å². The Labute approximate surface area is 99.4 Å². The predicted octanol–water partition coefficient (Wildman–Crippen LogP) is 2.63. The number of benzene rings is 1. The first-order valence-electron chi connectivity index (χ1n) is 5.62. The lowest BCUT2D eigenvalue weighted by Crippen LogP contribution is -2.21. The van der Waals surface area contributed by atoms with Crippen LogP contribution in [0.3, 0.4) is 0 Å². The van der Waals surface area contributed by atoms with Crippen LogP contribution in [0.1, 0.15) is 6.42 Å². The summed E-state index contributed by atoms with van der Waals surface area (Å²) in [7, 11) is 0. The van der Waals surface area contributed by atoms with Crippen molar-refractivity contribution in [2.75, 3.05) is 23.9 Å². The third kappa shape index (κ3) is 1.65. The van der Waals surface area contributed by atoms with E-state index >= 15 is 0 Å². The summed E-state index contributed by atoms with van der Waals surface area (Å²) in [5, 5.41) is 0. The van der Waals surface area contributed by atoms with Gasteiger partial charge in [-0.25, -0.2) is 4.98 Å². The maximum atomic E-state index is 5.88. The van der Waals surface area contributed by atoms with Gasteiger partial charge in [-0.2, -0.15) is 0 Å². The highest BCUT2D eigenvalue weighted by atomic mass is 35.5. The molecule has 3 rings (SSSR count). The molecule has 0 amide bonds. The van der Waals surface area contributed by atoms with Gasteiger partial charge in [0.1, 0.15) is 0 Å². The van der Waals surface area contributed by atoms with Gasteiger partial charge in [-0.15, -0.1) is 11.6 Å². The van der Waals surface area contributed by atoms with Gasteiger partial charge in [-0.05, 0) is 24.5 Å². The Balaban J connectivity index is 1.89. The van der Waals surface area contributed by atoms with Crippen molar-refractivity contribution in [2.24, 2.45) is 5.92 Å². The molecule has 0 saturated carbocycles. The third-order valence-electron chi connectivity index (χ3n) is 3.18. The second-order valence-electron chi connectivity index (χ2n) is 4.33. The van der Waals surface area contributed by atoms with E-state index in [-0.39, 0.29) is 0 Å². The molecule has 0 bridgehead atoms. The van der Waals surface area contributed by atoms with E-state index in [1.165, 1.54) is 6.42 Å². The van der Waals surface area contributed by atoms with E-state index in [1.54, 1.807) is 0 Å². The van der Waals surface area contributed by atoms with Crippen LogP contribution in [0.5, 0.6) is 0 Å². The first kappa shape index (κ1) is 9.97. The fourth-order valence-electron chi connectivity index (χ4n) is 2.24. The maximum absolute atomic E-state index is 5.88. The van der Waals surface area contributed by atoms with Crippen molar-refractivity contribution in [3.63, 3.8) is 0 Å². The number of alkyl halides is 1. The second-order valence-corrected chi connectivity index (χ2v) is 4.64. The molecule has 1 aliphatic heterocycles. The lowest BCUT2D eigenvalue weighted by Gasteiger charge is -2.13.